The number of anilines is 1. The lowest BCUT2D eigenvalue weighted by molar-refractivity contribution is -0.117. The summed E-state index contributed by atoms with van der Waals surface area (Å²) in [5, 5.41) is 4.65. The molecule has 3 heterocycles. The first kappa shape index (κ1) is 15.0. The van der Waals surface area contributed by atoms with Gasteiger partial charge in [0.05, 0.1) is 6.26 Å². The number of amides is 1. The Morgan fingerprint density at radius 3 is 2.96 bits per heavy atom. The molecule has 0 radical (unpaired) electrons. The molecule has 0 aliphatic carbocycles. The Labute approximate surface area is 143 Å². The lowest BCUT2D eigenvalue weighted by atomic mass is 10.1. The van der Waals surface area contributed by atoms with Gasteiger partial charge in [0.1, 0.15) is 0 Å². The molecular formula is C17H14ClN3O3. The molecule has 122 valence electrons. The molecule has 1 amide bonds. The molecule has 0 N–H and O–H groups in total. The monoisotopic (exact) mass is 343 g/mol. The summed E-state index contributed by atoms with van der Waals surface area (Å²) in [5.74, 6) is 1.25. The van der Waals surface area contributed by atoms with Gasteiger partial charge in [-0.1, -0.05) is 22.8 Å². The number of halogens is 1. The number of carbonyl (C=O) groups is 1. The maximum Gasteiger partial charge on any atom is 0.293 e. The lowest BCUT2D eigenvalue weighted by Crippen LogP contribution is -2.25. The summed E-state index contributed by atoms with van der Waals surface area (Å²) in [6.45, 7) is 2.40. The van der Waals surface area contributed by atoms with Gasteiger partial charge in [-0.2, -0.15) is 4.98 Å². The smallest absolute Gasteiger partial charge is 0.293 e. The Morgan fingerprint density at radius 2 is 2.17 bits per heavy atom. The predicted octanol–water partition coefficient (Wildman–Crippen LogP) is 3.81. The number of nitrogens with zero attached hydrogens (tertiary/aromatic N) is 3. The largest absolute Gasteiger partial charge is 0.459 e. The van der Waals surface area contributed by atoms with Crippen LogP contribution >= 0.6 is 11.6 Å². The third kappa shape index (κ3) is 2.49. The number of rotatable bonds is 3. The highest BCUT2D eigenvalue weighted by molar-refractivity contribution is 6.31. The fourth-order valence-corrected chi connectivity index (χ4v) is 3.07. The molecule has 4 rings (SSSR count). The quantitative estimate of drug-likeness (QED) is 0.723. The zero-order chi connectivity index (χ0) is 16.7. The molecule has 0 saturated carbocycles. The van der Waals surface area contributed by atoms with Gasteiger partial charge in [0.15, 0.2) is 11.6 Å². The third-order valence-corrected chi connectivity index (χ3v) is 4.60. The van der Waals surface area contributed by atoms with Crippen LogP contribution in [0.5, 0.6) is 0 Å². The Hall–Kier alpha value is -2.60. The van der Waals surface area contributed by atoms with Crippen LogP contribution in [0.1, 0.15) is 23.7 Å². The van der Waals surface area contributed by atoms with Crippen LogP contribution in [0.2, 0.25) is 5.02 Å². The molecule has 3 aromatic rings. The van der Waals surface area contributed by atoms with Gasteiger partial charge in [-0.25, -0.2) is 0 Å². The van der Waals surface area contributed by atoms with E-state index in [4.69, 9.17) is 20.5 Å². The van der Waals surface area contributed by atoms with Crippen molar-refractivity contribution in [2.75, 3.05) is 11.4 Å². The first-order chi connectivity index (χ1) is 11.6. The van der Waals surface area contributed by atoms with E-state index < -0.39 is 0 Å². The normalized spacial score (nSPS) is 17.7. The van der Waals surface area contributed by atoms with Crippen LogP contribution in [0.3, 0.4) is 0 Å². The Kier molecular flexibility index (Phi) is 3.61. The summed E-state index contributed by atoms with van der Waals surface area (Å²) < 4.78 is 10.5. The number of benzene rings is 1. The number of hydrogen-bond donors (Lipinski definition) is 0. The van der Waals surface area contributed by atoms with Gasteiger partial charge in [0.2, 0.25) is 5.91 Å². The molecule has 1 aliphatic heterocycles. The molecule has 0 spiro atoms. The van der Waals surface area contributed by atoms with Crippen LogP contribution in [-0.4, -0.2) is 22.6 Å². The molecule has 7 heteroatoms. The Morgan fingerprint density at radius 1 is 1.29 bits per heavy atom. The van der Waals surface area contributed by atoms with Crippen molar-refractivity contribution >= 4 is 23.2 Å². The summed E-state index contributed by atoms with van der Waals surface area (Å²) in [7, 11) is 0. The van der Waals surface area contributed by atoms with Crippen molar-refractivity contribution in [2.24, 2.45) is 0 Å². The second-order valence-electron chi connectivity index (χ2n) is 5.72. The van der Waals surface area contributed by atoms with Crippen molar-refractivity contribution in [1.29, 1.82) is 0 Å². The zero-order valence-corrected chi connectivity index (χ0v) is 13.7. The van der Waals surface area contributed by atoms with Crippen LogP contribution in [-0.2, 0) is 4.79 Å². The Bertz CT molecular complexity index is 888. The molecule has 2 aromatic heterocycles. The molecule has 0 bridgehead atoms. The minimum Gasteiger partial charge on any atom is -0.459 e. The van der Waals surface area contributed by atoms with Gasteiger partial charge in [-0.3, -0.25) is 4.79 Å². The maximum atomic E-state index is 12.4. The SMILES string of the molecule is Cc1c(Cl)cccc1N1CC(c2noc(-c3ccco3)n2)CC1=O. The van der Waals surface area contributed by atoms with Crippen LogP contribution < -0.4 is 4.90 Å². The first-order valence-corrected chi connectivity index (χ1v) is 7.94. The van der Waals surface area contributed by atoms with Gasteiger partial charge in [0.25, 0.3) is 5.89 Å². The van der Waals surface area contributed by atoms with Gasteiger partial charge in [0, 0.05) is 29.6 Å². The number of carbonyl (C=O) groups excluding carboxylic acids is 1. The van der Waals surface area contributed by atoms with Crippen LogP contribution in [0.4, 0.5) is 5.69 Å². The van der Waals surface area contributed by atoms with Crippen LogP contribution in [0.25, 0.3) is 11.7 Å². The predicted molar refractivity (Wildman–Crippen MR) is 87.9 cm³/mol. The fraction of sp³-hybridized carbons (Fsp3) is 0.235. The van der Waals surface area contributed by atoms with Crippen molar-refractivity contribution in [1.82, 2.24) is 10.1 Å². The molecule has 1 aromatic carbocycles. The molecule has 1 aliphatic rings. The van der Waals surface area contributed by atoms with E-state index in [1.54, 1.807) is 23.3 Å². The highest BCUT2D eigenvalue weighted by Gasteiger charge is 2.35. The molecular weight excluding hydrogens is 330 g/mol. The maximum absolute atomic E-state index is 12.4. The number of hydrogen-bond acceptors (Lipinski definition) is 5. The highest BCUT2D eigenvalue weighted by Crippen LogP contribution is 2.34. The number of furan rings is 1. The zero-order valence-electron chi connectivity index (χ0n) is 12.9. The van der Waals surface area contributed by atoms with Gasteiger partial charge in [-0.15, -0.1) is 0 Å². The number of aromatic nitrogens is 2. The second-order valence-corrected chi connectivity index (χ2v) is 6.13. The molecule has 1 unspecified atom stereocenters. The van der Waals surface area contributed by atoms with Crippen LogP contribution in [0, 0.1) is 6.92 Å². The highest BCUT2D eigenvalue weighted by atomic mass is 35.5. The molecule has 1 atom stereocenters. The summed E-state index contributed by atoms with van der Waals surface area (Å²) in [4.78, 5) is 18.5. The van der Waals surface area contributed by atoms with Gasteiger partial charge < -0.3 is 13.8 Å². The fourth-order valence-electron chi connectivity index (χ4n) is 2.90. The van der Waals surface area contributed by atoms with Crippen molar-refractivity contribution in [2.45, 2.75) is 19.3 Å². The van der Waals surface area contributed by atoms with E-state index in [0.717, 1.165) is 11.3 Å². The molecule has 24 heavy (non-hydrogen) atoms. The minimum absolute atomic E-state index is 0.0229. The van der Waals surface area contributed by atoms with Gasteiger partial charge >= 0.3 is 0 Å². The van der Waals surface area contributed by atoms with E-state index in [0.29, 0.717) is 35.5 Å². The first-order valence-electron chi connectivity index (χ1n) is 7.56. The minimum atomic E-state index is -0.122. The average molecular weight is 344 g/mol. The lowest BCUT2D eigenvalue weighted by Gasteiger charge is -2.19. The van der Waals surface area contributed by atoms with E-state index >= 15 is 0 Å². The summed E-state index contributed by atoms with van der Waals surface area (Å²) in [5.41, 5.74) is 1.71. The van der Waals surface area contributed by atoms with E-state index in [9.17, 15) is 4.79 Å². The van der Waals surface area contributed by atoms with E-state index in [1.807, 2.05) is 25.1 Å². The van der Waals surface area contributed by atoms with Crippen molar-refractivity contribution in [3.05, 3.63) is 53.0 Å². The summed E-state index contributed by atoms with van der Waals surface area (Å²) in [6.07, 6.45) is 1.88. The molecule has 6 nitrogen and oxygen atoms in total. The molecule has 1 saturated heterocycles. The van der Waals surface area contributed by atoms with E-state index in [1.165, 1.54) is 0 Å². The van der Waals surface area contributed by atoms with Crippen molar-refractivity contribution in [3.8, 4) is 11.7 Å². The van der Waals surface area contributed by atoms with Crippen molar-refractivity contribution < 1.29 is 13.7 Å². The van der Waals surface area contributed by atoms with E-state index in [-0.39, 0.29) is 11.8 Å². The summed E-state index contributed by atoms with van der Waals surface area (Å²) >= 11 is 6.17. The molecule has 1 fully saturated rings. The standard InChI is InChI=1S/C17H14ClN3O3/c1-10-12(18)4-2-5-13(10)21-9-11(8-15(21)22)16-19-17(24-20-16)14-6-3-7-23-14/h2-7,11H,8-9H2,1H3. The van der Waals surface area contributed by atoms with Crippen LogP contribution in [0.15, 0.2) is 45.5 Å². The second kappa shape index (κ2) is 5.79. The van der Waals surface area contributed by atoms with Crippen molar-refractivity contribution in [3.63, 3.8) is 0 Å². The van der Waals surface area contributed by atoms with Gasteiger partial charge in [-0.05, 0) is 36.8 Å². The summed E-state index contributed by atoms with van der Waals surface area (Å²) in [6, 6.07) is 9.05. The third-order valence-electron chi connectivity index (χ3n) is 4.19. The van der Waals surface area contributed by atoms with E-state index in [2.05, 4.69) is 10.1 Å². The topological polar surface area (TPSA) is 72.4 Å². The average Bonchev–Trinajstić information content (AvgIpc) is 3.29. The Balaban J connectivity index is 1.59.